The number of phenols is 1. The molecular weight excluding hydrogens is 321 g/mol. The number of imidazole rings is 1. The zero-order chi connectivity index (χ0) is 17.4. The molecular formula is C19H14FN3O2. The molecule has 124 valence electrons. The molecule has 0 spiro atoms. The van der Waals surface area contributed by atoms with E-state index in [1.165, 1.54) is 7.11 Å². The third-order valence-electron chi connectivity index (χ3n) is 4.00. The standard InChI is InChI=1S/C19H14FN3O2/c1-25-17-7-3-6-14(19(17)20)15-11-23-16(9-22-18(23)10-21-15)12-4-2-5-13(24)8-12/h2-11,24H,1H3. The molecule has 2 aromatic carbocycles. The molecule has 0 aliphatic carbocycles. The molecule has 0 amide bonds. The SMILES string of the molecule is COc1cccc(-c2cn3c(-c4cccc(O)c4)cnc3cn2)c1F. The molecule has 0 saturated carbocycles. The molecule has 0 aliphatic heterocycles. The van der Waals surface area contributed by atoms with Gasteiger partial charge in [-0.1, -0.05) is 18.2 Å². The summed E-state index contributed by atoms with van der Waals surface area (Å²) in [6.45, 7) is 0. The minimum atomic E-state index is -0.462. The van der Waals surface area contributed by atoms with E-state index in [1.54, 1.807) is 55.0 Å². The van der Waals surface area contributed by atoms with Crippen LogP contribution in [0.15, 0.2) is 61.1 Å². The molecule has 0 unspecified atom stereocenters. The molecule has 0 fully saturated rings. The highest BCUT2D eigenvalue weighted by Crippen LogP contribution is 2.29. The van der Waals surface area contributed by atoms with Crippen LogP contribution in [0, 0.1) is 5.82 Å². The van der Waals surface area contributed by atoms with Crippen LogP contribution in [0.25, 0.3) is 28.2 Å². The second-order valence-corrected chi connectivity index (χ2v) is 5.52. The Balaban J connectivity index is 1.90. The number of aromatic nitrogens is 3. The lowest BCUT2D eigenvalue weighted by molar-refractivity contribution is 0.387. The normalized spacial score (nSPS) is 11.0. The minimum Gasteiger partial charge on any atom is -0.508 e. The Morgan fingerprint density at radius 2 is 1.92 bits per heavy atom. The van der Waals surface area contributed by atoms with Crippen LogP contribution >= 0.6 is 0 Å². The smallest absolute Gasteiger partial charge is 0.174 e. The van der Waals surface area contributed by atoms with Gasteiger partial charge in [0, 0.05) is 17.3 Å². The van der Waals surface area contributed by atoms with Crippen molar-refractivity contribution < 1.29 is 14.2 Å². The number of methoxy groups -OCH3 is 1. The van der Waals surface area contributed by atoms with E-state index in [1.807, 2.05) is 10.5 Å². The monoisotopic (exact) mass is 335 g/mol. The molecule has 4 rings (SSSR count). The van der Waals surface area contributed by atoms with Crippen LogP contribution < -0.4 is 4.74 Å². The number of benzene rings is 2. The molecule has 0 aliphatic rings. The second kappa shape index (κ2) is 5.90. The van der Waals surface area contributed by atoms with E-state index in [4.69, 9.17) is 4.74 Å². The van der Waals surface area contributed by atoms with Crippen LogP contribution in [-0.4, -0.2) is 26.6 Å². The number of nitrogens with zero attached hydrogens (tertiary/aromatic N) is 3. The number of hydrogen-bond donors (Lipinski definition) is 1. The third kappa shape index (κ3) is 2.57. The van der Waals surface area contributed by atoms with E-state index in [-0.39, 0.29) is 11.5 Å². The fraction of sp³-hybridized carbons (Fsp3) is 0.0526. The molecule has 6 heteroatoms. The molecule has 0 atom stereocenters. The topological polar surface area (TPSA) is 59.7 Å². The van der Waals surface area contributed by atoms with Crippen molar-refractivity contribution in [2.75, 3.05) is 7.11 Å². The fourth-order valence-electron chi connectivity index (χ4n) is 2.77. The Hall–Kier alpha value is -3.41. The van der Waals surface area contributed by atoms with Crippen LogP contribution in [0.2, 0.25) is 0 Å². The zero-order valence-corrected chi connectivity index (χ0v) is 13.3. The molecule has 1 N–H and O–H groups in total. The minimum absolute atomic E-state index is 0.165. The van der Waals surface area contributed by atoms with E-state index in [0.717, 1.165) is 11.3 Å². The molecule has 2 aromatic heterocycles. The lowest BCUT2D eigenvalue weighted by Gasteiger charge is -2.08. The summed E-state index contributed by atoms with van der Waals surface area (Å²) in [5.41, 5.74) is 3.01. The quantitative estimate of drug-likeness (QED) is 0.616. The Morgan fingerprint density at radius 3 is 2.72 bits per heavy atom. The maximum Gasteiger partial charge on any atom is 0.174 e. The maximum atomic E-state index is 14.5. The Morgan fingerprint density at radius 1 is 1.08 bits per heavy atom. The van der Waals surface area contributed by atoms with Crippen molar-refractivity contribution in [1.29, 1.82) is 0 Å². The van der Waals surface area contributed by atoms with Crippen molar-refractivity contribution in [1.82, 2.24) is 14.4 Å². The predicted octanol–water partition coefficient (Wildman–Crippen LogP) is 3.92. The molecule has 0 saturated heterocycles. The molecule has 4 aromatic rings. The maximum absolute atomic E-state index is 14.5. The number of hydrogen-bond acceptors (Lipinski definition) is 4. The van der Waals surface area contributed by atoms with E-state index in [0.29, 0.717) is 16.9 Å². The largest absolute Gasteiger partial charge is 0.508 e. The summed E-state index contributed by atoms with van der Waals surface area (Å²) in [4.78, 5) is 8.63. The van der Waals surface area contributed by atoms with Crippen molar-refractivity contribution in [2.24, 2.45) is 0 Å². The second-order valence-electron chi connectivity index (χ2n) is 5.52. The van der Waals surface area contributed by atoms with Gasteiger partial charge in [0.15, 0.2) is 17.2 Å². The number of aromatic hydroxyl groups is 1. The first-order valence-electron chi connectivity index (χ1n) is 7.63. The lowest BCUT2D eigenvalue weighted by Crippen LogP contribution is -1.96. The highest BCUT2D eigenvalue weighted by molar-refractivity contribution is 5.68. The van der Waals surface area contributed by atoms with Crippen molar-refractivity contribution in [2.45, 2.75) is 0 Å². The van der Waals surface area contributed by atoms with Crippen molar-refractivity contribution in [3.63, 3.8) is 0 Å². The van der Waals surface area contributed by atoms with E-state index in [2.05, 4.69) is 9.97 Å². The zero-order valence-electron chi connectivity index (χ0n) is 13.3. The number of ether oxygens (including phenoxy) is 1. The summed E-state index contributed by atoms with van der Waals surface area (Å²) in [5, 5.41) is 9.71. The third-order valence-corrected chi connectivity index (χ3v) is 4.00. The Bertz CT molecular complexity index is 1080. The van der Waals surface area contributed by atoms with Gasteiger partial charge in [-0.25, -0.2) is 9.37 Å². The molecule has 0 radical (unpaired) electrons. The lowest BCUT2D eigenvalue weighted by atomic mass is 10.1. The average molecular weight is 335 g/mol. The number of fused-ring (bicyclic) bond motifs is 1. The average Bonchev–Trinajstić information content (AvgIpc) is 3.05. The van der Waals surface area contributed by atoms with Gasteiger partial charge in [0.2, 0.25) is 0 Å². The summed E-state index contributed by atoms with van der Waals surface area (Å²) in [5.74, 6) is -0.130. The number of phenolic OH excluding ortho intramolecular Hbond substituents is 1. The van der Waals surface area contributed by atoms with Gasteiger partial charge in [0.25, 0.3) is 0 Å². The summed E-state index contributed by atoms with van der Waals surface area (Å²) < 4.78 is 21.4. The number of rotatable bonds is 3. The van der Waals surface area contributed by atoms with Crippen molar-refractivity contribution >= 4 is 5.65 Å². The van der Waals surface area contributed by atoms with Crippen LogP contribution in [0.3, 0.4) is 0 Å². The molecule has 25 heavy (non-hydrogen) atoms. The summed E-state index contributed by atoms with van der Waals surface area (Å²) >= 11 is 0. The first-order valence-corrected chi connectivity index (χ1v) is 7.63. The number of halogens is 1. The van der Waals surface area contributed by atoms with Crippen LogP contribution in [0.1, 0.15) is 0 Å². The summed E-state index contributed by atoms with van der Waals surface area (Å²) in [6, 6.07) is 11.8. The highest BCUT2D eigenvalue weighted by atomic mass is 19.1. The van der Waals surface area contributed by atoms with E-state index in [9.17, 15) is 9.50 Å². The van der Waals surface area contributed by atoms with E-state index >= 15 is 0 Å². The van der Waals surface area contributed by atoms with Gasteiger partial charge in [-0.05, 0) is 24.3 Å². The van der Waals surface area contributed by atoms with Gasteiger partial charge < -0.3 is 9.84 Å². The van der Waals surface area contributed by atoms with Crippen LogP contribution in [0.4, 0.5) is 4.39 Å². The van der Waals surface area contributed by atoms with Gasteiger partial charge in [-0.15, -0.1) is 0 Å². The Labute approximate surface area is 143 Å². The first-order chi connectivity index (χ1) is 12.2. The van der Waals surface area contributed by atoms with Crippen LogP contribution in [-0.2, 0) is 0 Å². The predicted molar refractivity (Wildman–Crippen MR) is 92.0 cm³/mol. The van der Waals surface area contributed by atoms with Crippen LogP contribution in [0.5, 0.6) is 11.5 Å². The van der Waals surface area contributed by atoms with Crippen molar-refractivity contribution in [3.05, 3.63) is 66.9 Å². The van der Waals surface area contributed by atoms with Gasteiger partial charge >= 0.3 is 0 Å². The highest BCUT2D eigenvalue weighted by Gasteiger charge is 2.14. The van der Waals surface area contributed by atoms with Gasteiger partial charge in [-0.2, -0.15) is 0 Å². The fourth-order valence-corrected chi connectivity index (χ4v) is 2.77. The molecule has 2 heterocycles. The van der Waals surface area contributed by atoms with Crippen molar-refractivity contribution in [3.8, 4) is 34.0 Å². The van der Waals surface area contributed by atoms with Gasteiger partial charge in [-0.3, -0.25) is 9.38 Å². The van der Waals surface area contributed by atoms with Gasteiger partial charge in [0.05, 0.1) is 30.9 Å². The van der Waals surface area contributed by atoms with Gasteiger partial charge in [0.1, 0.15) is 5.75 Å². The van der Waals surface area contributed by atoms with E-state index < -0.39 is 5.82 Å². The summed E-state index contributed by atoms with van der Waals surface area (Å²) in [7, 11) is 1.43. The Kier molecular flexibility index (Phi) is 3.57. The molecule has 0 bridgehead atoms. The first kappa shape index (κ1) is 15.1. The molecule has 5 nitrogen and oxygen atoms in total. The summed E-state index contributed by atoms with van der Waals surface area (Å²) in [6.07, 6.45) is 5.00.